The van der Waals surface area contributed by atoms with E-state index in [1.54, 1.807) is 0 Å². The first-order valence-electron chi connectivity index (χ1n) is 3.72. The van der Waals surface area contributed by atoms with Crippen LogP contribution in [0.15, 0.2) is 0 Å². The van der Waals surface area contributed by atoms with Crippen molar-refractivity contribution in [3.8, 4) is 0 Å². The fourth-order valence-electron chi connectivity index (χ4n) is 0.906. The van der Waals surface area contributed by atoms with E-state index in [0.717, 1.165) is 17.3 Å². The molecule has 0 aromatic carbocycles. The molecule has 0 saturated heterocycles. The van der Waals surface area contributed by atoms with Crippen LogP contribution in [0.5, 0.6) is 0 Å². The molecular formula is C6H18CaO3PS+. The van der Waals surface area contributed by atoms with Crippen molar-refractivity contribution in [2.45, 2.75) is 20.8 Å². The van der Waals surface area contributed by atoms with Crippen LogP contribution in [0.3, 0.4) is 0 Å². The molecule has 0 spiro atoms. The normalized spacial score (nSPS) is 13.5. The minimum atomic E-state index is -2.42. The van der Waals surface area contributed by atoms with Crippen LogP contribution in [0.4, 0.5) is 0 Å². The molecule has 3 nitrogen and oxygen atoms in total. The summed E-state index contributed by atoms with van der Waals surface area (Å²) in [4.78, 5) is 8.59. The predicted molar refractivity (Wildman–Crippen MR) is 58.1 cm³/mol. The van der Waals surface area contributed by atoms with E-state index < -0.39 is 18.6 Å². The zero-order chi connectivity index (χ0) is 8.91. The second kappa shape index (κ2) is 7.98. The average Bonchev–Trinajstić information content (AvgIpc) is 2.00. The Morgan fingerprint density at radius 2 is 1.67 bits per heavy atom. The molecule has 72 valence electrons. The van der Waals surface area contributed by atoms with Crippen LogP contribution in [0.25, 0.3) is 0 Å². The molecule has 0 rings (SSSR count). The predicted octanol–water partition coefficient (Wildman–Crippen LogP) is 2.28. The zero-order valence-electron chi connectivity index (χ0n) is 9.95. The molecule has 0 bridgehead atoms. The molecule has 0 aromatic heterocycles. The summed E-state index contributed by atoms with van der Waals surface area (Å²) in [6.45, 7) is 6.00. The van der Waals surface area contributed by atoms with Crippen molar-refractivity contribution >= 4 is 56.3 Å². The number of hydrogen-bond acceptors (Lipinski definition) is 2. The van der Waals surface area contributed by atoms with E-state index in [9.17, 15) is 4.57 Å². The maximum Gasteiger partial charge on any atom is 2.00 e. The molecule has 0 saturated carbocycles. The Kier molecular flexibility index (Phi) is 10.7. The van der Waals surface area contributed by atoms with Gasteiger partial charge in [-0.25, -0.2) is 0 Å². The van der Waals surface area contributed by atoms with Crippen molar-refractivity contribution in [3.05, 3.63) is 0 Å². The van der Waals surface area contributed by atoms with Crippen LogP contribution < -0.4 is 0 Å². The van der Waals surface area contributed by atoms with E-state index in [1.165, 1.54) is 0 Å². The maximum atomic E-state index is 10.4. The molecule has 0 aliphatic heterocycles. The van der Waals surface area contributed by atoms with Gasteiger partial charge in [0.2, 0.25) is 0 Å². The standard InChI is InChI=1S/C6H15O3PS.Ca.2H/c1-4-11(5-2,6-3)9-10(7)8;;;/h4-6H2,1-3H3;;;/q;+2;2*-1/p+1. The minimum absolute atomic E-state index is 0. The monoisotopic (exact) mass is 241 g/mol. The van der Waals surface area contributed by atoms with Crippen LogP contribution >= 0.6 is 18.6 Å². The molecule has 0 radical (unpaired) electrons. The topological polar surface area (TPSA) is 46.5 Å². The van der Waals surface area contributed by atoms with Gasteiger partial charge in [0, 0.05) is 21.8 Å². The smallest absolute Gasteiger partial charge is 1.00 e. The Bertz CT molecular complexity index is 141. The van der Waals surface area contributed by atoms with Crippen LogP contribution in [0, 0.1) is 0 Å². The zero-order valence-corrected chi connectivity index (χ0v) is 11.9. The molecule has 12 heavy (non-hydrogen) atoms. The summed E-state index contributed by atoms with van der Waals surface area (Å²) in [5, 5.41) is 0. The van der Waals surface area contributed by atoms with Gasteiger partial charge in [0.05, 0.1) is 0 Å². The molecule has 0 fully saturated rings. The van der Waals surface area contributed by atoms with Crippen molar-refractivity contribution < 1.29 is 16.3 Å². The Morgan fingerprint density at radius 1 is 1.33 bits per heavy atom. The summed E-state index contributed by atoms with van der Waals surface area (Å²) >= 11 is 0. The van der Waals surface area contributed by atoms with Gasteiger partial charge in [0.1, 0.15) is 0 Å². The van der Waals surface area contributed by atoms with E-state index >= 15 is 0 Å². The van der Waals surface area contributed by atoms with Crippen LogP contribution in [-0.4, -0.2) is 59.9 Å². The SMILES string of the molecule is CCS(CC)(CC)O[P+](=O)O.[Ca+2].[H-].[H-]. The summed E-state index contributed by atoms with van der Waals surface area (Å²) in [5.74, 6) is 2.59. The number of hydrogen-bond donors (Lipinski definition) is 1. The van der Waals surface area contributed by atoms with E-state index in [-0.39, 0.29) is 40.6 Å². The van der Waals surface area contributed by atoms with Crippen molar-refractivity contribution in [1.29, 1.82) is 0 Å². The van der Waals surface area contributed by atoms with Gasteiger partial charge in [0.25, 0.3) is 0 Å². The second-order valence-electron chi connectivity index (χ2n) is 2.14. The first-order chi connectivity index (χ1) is 5.10. The fraction of sp³-hybridized carbons (Fsp3) is 1.00. The summed E-state index contributed by atoms with van der Waals surface area (Å²) in [6, 6.07) is 0. The van der Waals surface area contributed by atoms with E-state index in [2.05, 4.69) is 0 Å². The first kappa shape index (κ1) is 16.1. The minimum Gasteiger partial charge on any atom is -1.00 e. The van der Waals surface area contributed by atoms with Gasteiger partial charge in [-0.05, 0) is 0 Å². The van der Waals surface area contributed by atoms with E-state index in [4.69, 9.17) is 8.86 Å². The van der Waals surface area contributed by atoms with Gasteiger partial charge in [-0.2, -0.15) is 0 Å². The Hall–Kier alpha value is 1.63. The van der Waals surface area contributed by atoms with E-state index in [0.29, 0.717) is 0 Å². The summed E-state index contributed by atoms with van der Waals surface area (Å²) in [6.07, 6.45) is 0. The average molecular weight is 241 g/mol. The van der Waals surface area contributed by atoms with Crippen LogP contribution in [0.1, 0.15) is 23.6 Å². The van der Waals surface area contributed by atoms with E-state index in [1.807, 2.05) is 20.8 Å². The fourth-order valence-corrected chi connectivity index (χ4v) is 4.48. The summed E-state index contributed by atoms with van der Waals surface area (Å²) in [7, 11) is -3.66. The quantitative estimate of drug-likeness (QED) is 0.593. The molecule has 1 N–H and O–H groups in total. The van der Waals surface area contributed by atoms with Gasteiger partial charge >= 0.3 is 46.0 Å². The Balaban J connectivity index is -0.000000167. The third-order valence-corrected chi connectivity index (χ3v) is 6.73. The van der Waals surface area contributed by atoms with Crippen molar-refractivity contribution in [2.75, 3.05) is 17.3 Å². The molecule has 0 amide bonds. The molecule has 6 heteroatoms. The largest absolute Gasteiger partial charge is 2.00 e. The molecule has 0 aliphatic rings. The first-order valence-corrected chi connectivity index (χ1v) is 6.91. The third kappa shape index (κ3) is 5.38. The Labute approximate surface area is 110 Å². The van der Waals surface area contributed by atoms with Gasteiger partial charge in [0.15, 0.2) is 0 Å². The van der Waals surface area contributed by atoms with Gasteiger partial charge < -0.3 is 2.85 Å². The summed E-state index contributed by atoms with van der Waals surface area (Å²) in [5.41, 5.74) is 0. The van der Waals surface area contributed by atoms with Crippen molar-refractivity contribution in [2.24, 2.45) is 0 Å². The van der Waals surface area contributed by atoms with Gasteiger partial charge in [-0.3, -0.25) is 0 Å². The van der Waals surface area contributed by atoms with Crippen LogP contribution in [0.2, 0.25) is 0 Å². The maximum absolute atomic E-state index is 10.4. The Morgan fingerprint density at radius 3 is 1.75 bits per heavy atom. The molecule has 0 aromatic rings. The molecule has 1 unspecified atom stereocenters. The van der Waals surface area contributed by atoms with Gasteiger partial charge in [-0.15, -0.1) is 4.89 Å². The third-order valence-electron chi connectivity index (χ3n) is 1.80. The molecule has 0 aliphatic carbocycles. The van der Waals surface area contributed by atoms with Gasteiger partial charge in [-0.1, -0.05) is 35.1 Å². The van der Waals surface area contributed by atoms with Crippen molar-refractivity contribution in [1.82, 2.24) is 0 Å². The molecule has 0 heterocycles. The van der Waals surface area contributed by atoms with Crippen molar-refractivity contribution in [3.63, 3.8) is 0 Å². The number of rotatable bonds is 5. The second-order valence-corrected chi connectivity index (χ2v) is 6.88. The van der Waals surface area contributed by atoms with Crippen LogP contribution in [-0.2, 0) is 8.54 Å². The summed E-state index contributed by atoms with van der Waals surface area (Å²) < 4.78 is 15.5. The molecular weight excluding hydrogens is 223 g/mol. The molecule has 1 atom stereocenters.